The Morgan fingerprint density at radius 1 is 1.05 bits per heavy atom. The summed E-state index contributed by atoms with van der Waals surface area (Å²) in [4.78, 5) is 0. The molecule has 0 spiro atoms. The molecule has 0 unspecified atom stereocenters. The Bertz CT molecular complexity index is 382. The summed E-state index contributed by atoms with van der Waals surface area (Å²) in [6.07, 6.45) is 3.12. The molecule has 4 heteroatoms. The Balaban J connectivity index is 2.64. The zero-order valence-electron chi connectivity index (χ0n) is 13.6. The third-order valence-electron chi connectivity index (χ3n) is 3.09. The number of nitrogens with one attached hydrogen (secondary N) is 1. The monoisotopic (exact) mass is 295 g/mol. The van der Waals surface area contributed by atoms with Crippen LogP contribution in [0.25, 0.3) is 0 Å². The quantitative estimate of drug-likeness (QED) is 0.600. The molecule has 0 bridgehead atoms. The number of rotatable bonds is 12. The summed E-state index contributed by atoms with van der Waals surface area (Å²) in [5, 5.41) is 3.42. The van der Waals surface area contributed by atoms with E-state index in [4.69, 9.17) is 14.2 Å². The van der Waals surface area contributed by atoms with Gasteiger partial charge in [-0.1, -0.05) is 19.1 Å². The molecular formula is C17H29NO3. The molecule has 0 saturated heterocycles. The fourth-order valence-corrected chi connectivity index (χ4v) is 2.06. The molecule has 120 valence electrons. The average Bonchev–Trinajstić information content (AvgIpc) is 2.49. The zero-order chi connectivity index (χ0) is 15.3. The van der Waals surface area contributed by atoms with Crippen LogP contribution in [-0.4, -0.2) is 33.5 Å². The predicted octanol–water partition coefficient (Wildman–Crippen LogP) is 3.39. The lowest BCUT2D eigenvalue weighted by Gasteiger charge is -2.16. The molecule has 1 aromatic rings. The second-order valence-corrected chi connectivity index (χ2v) is 4.90. The van der Waals surface area contributed by atoms with E-state index in [-0.39, 0.29) is 0 Å². The van der Waals surface area contributed by atoms with E-state index in [2.05, 4.69) is 18.3 Å². The molecule has 0 atom stereocenters. The van der Waals surface area contributed by atoms with Gasteiger partial charge in [0.15, 0.2) is 11.5 Å². The van der Waals surface area contributed by atoms with Gasteiger partial charge in [-0.05, 0) is 38.8 Å². The Morgan fingerprint density at radius 2 is 1.86 bits per heavy atom. The third kappa shape index (κ3) is 6.82. The van der Waals surface area contributed by atoms with Gasteiger partial charge in [0.2, 0.25) is 0 Å². The SMILES string of the molecule is CCCNCc1cccc(OCC)c1OCCCCOC. The van der Waals surface area contributed by atoms with E-state index in [1.807, 2.05) is 19.1 Å². The van der Waals surface area contributed by atoms with Gasteiger partial charge in [0.25, 0.3) is 0 Å². The lowest BCUT2D eigenvalue weighted by Crippen LogP contribution is -2.15. The van der Waals surface area contributed by atoms with Crippen molar-refractivity contribution in [2.24, 2.45) is 0 Å². The van der Waals surface area contributed by atoms with Crippen LogP contribution in [0.3, 0.4) is 0 Å². The minimum Gasteiger partial charge on any atom is -0.490 e. The molecular weight excluding hydrogens is 266 g/mol. The van der Waals surface area contributed by atoms with E-state index in [1.54, 1.807) is 7.11 Å². The Kier molecular flexibility index (Phi) is 9.66. The van der Waals surface area contributed by atoms with Crippen LogP contribution in [0.1, 0.15) is 38.7 Å². The highest BCUT2D eigenvalue weighted by Crippen LogP contribution is 2.31. The summed E-state index contributed by atoms with van der Waals surface area (Å²) in [7, 11) is 1.72. The van der Waals surface area contributed by atoms with Gasteiger partial charge in [0.05, 0.1) is 13.2 Å². The van der Waals surface area contributed by atoms with Crippen molar-refractivity contribution in [2.45, 2.75) is 39.7 Å². The van der Waals surface area contributed by atoms with Crippen molar-refractivity contribution in [2.75, 3.05) is 33.5 Å². The lowest BCUT2D eigenvalue weighted by atomic mass is 10.1. The minimum atomic E-state index is 0.645. The number of ether oxygens (including phenoxy) is 3. The first-order valence-corrected chi connectivity index (χ1v) is 7.90. The fraction of sp³-hybridized carbons (Fsp3) is 0.647. The lowest BCUT2D eigenvalue weighted by molar-refractivity contribution is 0.182. The molecule has 0 aromatic heterocycles. The molecule has 0 aliphatic heterocycles. The second-order valence-electron chi connectivity index (χ2n) is 4.90. The number of hydrogen-bond acceptors (Lipinski definition) is 4. The zero-order valence-corrected chi connectivity index (χ0v) is 13.6. The van der Waals surface area contributed by atoms with Gasteiger partial charge in [0, 0.05) is 25.8 Å². The topological polar surface area (TPSA) is 39.7 Å². The molecule has 0 fully saturated rings. The number of para-hydroxylation sites is 1. The highest BCUT2D eigenvalue weighted by atomic mass is 16.5. The number of benzene rings is 1. The summed E-state index contributed by atoms with van der Waals surface area (Å²) < 4.78 is 16.7. The average molecular weight is 295 g/mol. The summed E-state index contributed by atoms with van der Waals surface area (Å²) in [6.45, 7) is 8.08. The highest BCUT2D eigenvalue weighted by Gasteiger charge is 2.10. The molecule has 0 heterocycles. The van der Waals surface area contributed by atoms with Crippen LogP contribution in [0.5, 0.6) is 11.5 Å². The van der Waals surface area contributed by atoms with Gasteiger partial charge in [-0.15, -0.1) is 0 Å². The first-order chi connectivity index (χ1) is 10.3. The van der Waals surface area contributed by atoms with Gasteiger partial charge < -0.3 is 19.5 Å². The van der Waals surface area contributed by atoms with Gasteiger partial charge in [-0.25, -0.2) is 0 Å². The molecule has 4 nitrogen and oxygen atoms in total. The Hall–Kier alpha value is -1.26. The van der Waals surface area contributed by atoms with E-state index in [0.29, 0.717) is 13.2 Å². The molecule has 1 N–H and O–H groups in total. The van der Waals surface area contributed by atoms with E-state index in [0.717, 1.165) is 56.0 Å². The van der Waals surface area contributed by atoms with E-state index in [9.17, 15) is 0 Å². The van der Waals surface area contributed by atoms with Crippen LogP contribution >= 0.6 is 0 Å². The predicted molar refractivity (Wildman–Crippen MR) is 86.2 cm³/mol. The summed E-state index contributed by atoms with van der Waals surface area (Å²) >= 11 is 0. The molecule has 0 saturated carbocycles. The van der Waals surface area contributed by atoms with Crippen LogP contribution in [-0.2, 0) is 11.3 Å². The molecule has 0 amide bonds. The van der Waals surface area contributed by atoms with E-state index < -0.39 is 0 Å². The Morgan fingerprint density at radius 3 is 2.57 bits per heavy atom. The summed E-state index contributed by atoms with van der Waals surface area (Å²) in [5.41, 5.74) is 1.15. The molecule has 0 aliphatic carbocycles. The van der Waals surface area contributed by atoms with E-state index in [1.165, 1.54) is 0 Å². The maximum Gasteiger partial charge on any atom is 0.165 e. The molecule has 0 radical (unpaired) electrons. The standard InChI is InChI=1S/C17H29NO3/c1-4-11-18-14-15-9-8-10-16(20-5-2)17(15)21-13-7-6-12-19-3/h8-10,18H,4-7,11-14H2,1-3H3. The summed E-state index contributed by atoms with van der Waals surface area (Å²) in [6, 6.07) is 6.08. The molecule has 0 aliphatic rings. The van der Waals surface area contributed by atoms with Crippen LogP contribution in [0.15, 0.2) is 18.2 Å². The molecule has 1 aromatic carbocycles. The van der Waals surface area contributed by atoms with Gasteiger partial charge >= 0.3 is 0 Å². The fourth-order valence-electron chi connectivity index (χ4n) is 2.06. The smallest absolute Gasteiger partial charge is 0.165 e. The van der Waals surface area contributed by atoms with Gasteiger partial charge in [-0.3, -0.25) is 0 Å². The first kappa shape index (κ1) is 17.8. The van der Waals surface area contributed by atoms with Crippen molar-refractivity contribution < 1.29 is 14.2 Å². The van der Waals surface area contributed by atoms with Crippen molar-refractivity contribution in [3.8, 4) is 11.5 Å². The number of methoxy groups -OCH3 is 1. The van der Waals surface area contributed by atoms with Crippen LogP contribution < -0.4 is 14.8 Å². The van der Waals surface area contributed by atoms with Crippen molar-refractivity contribution in [3.05, 3.63) is 23.8 Å². The first-order valence-electron chi connectivity index (χ1n) is 7.90. The van der Waals surface area contributed by atoms with E-state index >= 15 is 0 Å². The van der Waals surface area contributed by atoms with Crippen molar-refractivity contribution in [3.63, 3.8) is 0 Å². The maximum atomic E-state index is 5.98. The number of unbranched alkanes of at least 4 members (excludes halogenated alkanes) is 1. The van der Waals surface area contributed by atoms with Crippen molar-refractivity contribution in [1.82, 2.24) is 5.32 Å². The summed E-state index contributed by atoms with van der Waals surface area (Å²) in [5.74, 6) is 1.71. The van der Waals surface area contributed by atoms with Crippen LogP contribution in [0.4, 0.5) is 0 Å². The molecule has 1 rings (SSSR count). The Labute approximate surface area is 128 Å². The maximum absolute atomic E-state index is 5.98. The van der Waals surface area contributed by atoms with Crippen molar-refractivity contribution >= 4 is 0 Å². The van der Waals surface area contributed by atoms with Crippen LogP contribution in [0.2, 0.25) is 0 Å². The molecule has 21 heavy (non-hydrogen) atoms. The van der Waals surface area contributed by atoms with Gasteiger partial charge in [0.1, 0.15) is 0 Å². The third-order valence-corrected chi connectivity index (χ3v) is 3.09. The highest BCUT2D eigenvalue weighted by molar-refractivity contribution is 5.46. The minimum absolute atomic E-state index is 0.645. The van der Waals surface area contributed by atoms with Crippen molar-refractivity contribution in [1.29, 1.82) is 0 Å². The number of hydrogen-bond donors (Lipinski definition) is 1. The van der Waals surface area contributed by atoms with Crippen LogP contribution in [0, 0.1) is 0 Å². The normalized spacial score (nSPS) is 10.6. The second kappa shape index (κ2) is 11.4. The van der Waals surface area contributed by atoms with Gasteiger partial charge in [-0.2, -0.15) is 0 Å². The largest absolute Gasteiger partial charge is 0.490 e.